The highest BCUT2D eigenvalue weighted by molar-refractivity contribution is 14.1. The molecule has 6 heteroatoms. The molecule has 1 aliphatic heterocycles. The molecule has 2 atom stereocenters. The quantitative estimate of drug-likeness (QED) is 0.433. The van der Waals surface area contributed by atoms with Gasteiger partial charge >= 0.3 is 5.97 Å². The monoisotopic (exact) mass is 404 g/mol. The van der Waals surface area contributed by atoms with E-state index in [2.05, 4.69) is 38.5 Å². The molecular formula is C10H14BrIO4. The van der Waals surface area contributed by atoms with Crippen LogP contribution in [0.25, 0.3) is 0 Å². The van der Waals surface area contributed by atoms with E-state index in [1.165, 1.54) is 7.11 Å². The van der Waals surface area contributed by atoms with E-state index in [-0.39, 0.29) is 5.57 Å². The molecule has 0 radical (unpaired) electrons. The minimum atomic E-state index is -1.07. The largest absolute Gasteiger partial charge is 0.424 e. The van der Waals surface area contributed by atoms with Gasteiger partial charge in [-0.1, -0.05) is 35.9 Å². The number of carbonyl (C=O) groups is 1. The highest BCUT2D eigenvalue weighted by atomic mass is 127. The Balaban J connectivity index is 3.05. The van der Waals surface area contributed by atoms with Crippen LogP contribution in [0, 0.1) is 0 Å². The number of alkyl halides is 1. The fraction of sp³-hybridized carbons (Fsp3) is 0.700. The average molecular weight is 405 g/mol. The smallest absolute Gasteiger partial charge is 0.340 e. The Kier molecular flexibility index (Phi) is 5.21. The van der Waals surface area contributed by atoms with Crippen molar-refractivity contribution in [2.75, 3.05) is 11.5 Å². The first-order valence-electron chi connectivity index (χ1n) is 4.95. The SMILES string of the molecule is CCCC(O)C1=C(Br)[C@@](CI)(OC)OC1=O. The summed E-state index contributed by atoms with van der Waals surface area (Å²) in [4.78, 5) is 11.7. The number of aliphatic hydroxyl groups excluding tert-OH is 1. The standard InChI is InChI=1S/C10H14BrIO4/c1-3-4-6(13)7-8(11)10(5-12,15-2)16-9(7)14/h6,13H,3-5H2,1-2H3/t6?,10-/m0/s1. The van der Waals surface area contributed by atoms with Gasteiger partial charge in [0, 0.05) is 7.11 Å². The van der Waals surface area contributed by atoms with E-state index >= 15 is 0 Å². The zero-order valence-corrected chi connectivity index (χ0v) is 12.9. The maximum absolute atomic E-state index is 11.7. The van der Waals surface area contributed by atoms with E-state index in [9.17, 15) is 9.90 Å². The Morgan fingerprint density at radius 3 is 2.69 bits per heavy atom. The van der Waals surface area contributed by atoms with E-state index in [1.54, 1.807) is 0 Å². The van der Waals surface area contributed by atoms with Gasteiger partial charge in [-0.15, -0.1) is 0 Å². The molecule has 0 amide bonds. The van der Waals surface area contributed by atoms with Crippen LogP contribution >= 0.6 is 38.5 Å². The van der Waals surface area contributed by atoms with Crippen LogP contribution in [0.1, 0.15) is 19.8 Å². The number of halogens is 2. The molecule has 1 aliphatic rings. The van der Waals surface area contributed by atoms with E-state index in [4.69, 9.17) is 9.47 Å². The predicted molar refractivity (Wildman–Crippen MR) is 71.6 cm³/mol. The maximum atomic E-state index is 11.7. The number of ether oxygens (including phenoxy) is 2. The van der Waals surface area contributed by atoms with Crippen LogP contribution in [0.4, 0.5) is 0 Å². The van der Waals surface area contributed by atoms with Crippen molar-refractivity contribution in [3.8, 4) is 0 Å². The van der Waals surface area contributed by atoms with E-state index in [1.807, 2.05) is 6.92 Å². The van der Waals surface area contributed by atoms with Gasteiger partial charge in [0.25, 0.3) is 5.79 Å². The molecule has 92 valence electrons. The van der Waals surface area contributed by atoms with Gasteiger partial charge in [-0.25, -0.2) is 4.79 Å². The summed E-state index contributed by atoms with van der Waals surface area (Å²) in [7, 11) is 1.47. The fourth-order valence-corrected chi connectivity index (χ4v) is 3.70. The summed E-state index contributed by atoms with van der Waals surface area (Å²) in [5, 5.41) is 9.87. The normalized spacial score (nSPS) is 27.2. The second-order valence-corrected chi connectivity index (χ2v) is 5.07. The van der Waals surface area contributed by atoms with Crippen LogP contribution in [-0.4, -0.2) is 34.5 Å². The number of rotatable bonds is 5. The van der Waals surface area contributed by atoms with Crippen LogP contribution in [0.3, 0.4) is 0 Å². The molecule has 1 unspecified atom stereocenters. The van der Waals surface area contributed by atoms with Crippen molar-refractivity contribution in [3.05, 3.63) is 10.1 Å². The Labute approximate surface area is 117 Å². The van der Waals surface area contributed by atoms with Crippen molar-refractivity contribution < 1.29 is 19.4 Å². The molecule has 4 nitrogen and oxygen atoms in total. The molecule has 0 aromatic rings. The number of aliphatic hydroxyl groups is 1. The molecule has 1 rings (SSSR count). The van der Waals surface area contributed by atoms with Gasteiger partial charge in [0.1, 0.15) is 0 Å². The lowest BCUT2D eigenvalue weighted by Gasteiger charge is -2.24. The van der Waals surface area contributed by atoms with Crippen molar-refractivity contribution in [1.29, 1.82) is 0 Å². The van der Waals surface area contributed by atoms with Crippen molar-refractivity contribution >= 4 is 44.5 Å². The molecule has 0 aromatic heterocycles. The van der Waals surface area contributed by atoms with Gasteiger partial charge in [-0.3, -0.25) is 0 Å². The molecule has 0 aromatic carbocycles. The van der Waals surface area contributed by atoms with Gasteiger partial charge in [-0.05, 0) is 22.4 Å². The molecule has 0 saturated heterocycles. The lowest BCUT2D eigenvalue weighted by molar-refractivity contribution is -0.180. The van der Waals surface area contributed by atoms with Crippen LogP contribution in [-0.2, 0) is 14.3 Å². The molecule has 0 aliphatic carbocycles. The topological polar surface area (TPSA) is 55.8 Å². The first kappa shape index (κ1) is 14.4. The number of hydrogen-bond donors (Lipinski definition) is 1. The predicted octanol–water partition coefficient (Wildman–Crippen LogP) is 2.13. The summed E-state index contributed by atoms with van der Waals surface area (Å²) in [6.07, 6.45) is 0.523. The zero-order chi connectivity index (χ0) is 12.3. The van der Waals surface area contributed by atoms with Gasteiger partial charge < -0.3 is 14.6 Å². The fourth-order valence-electron chi connectivity index (χ4n) is 1.52. The van der Waals surface area contributed by atoms with E-state index in [0.29, 0.717) is 15.3 Å². The molecule has 0 bridgehead atoms. The Morgan fingerprint density at radius 2 is 2.31 bits per heavy atom. The minimum Gasteiger partial charge on any atom is -0.424 e. The van der Waals surface area contributed by atoms with Crippen molar-refractivity contribution in [3.63, 3.8) is 0 Å². The first-order chi connectivity index (χ1) is 7.52. The summed E-state index contributed by atoms with van der Waals surface area (Å²) in [5.41, 5.74) is 0.278. The van der Waals surface area contributed by atoms with Crippen molar-refractivity contribution in [1.82, 2.24) is 0 Å². The van der Waals surface area contributed by atoms with Gasteiger partial charge in [0.15, 0.2) is 0 Å². The number of methoxy groups -OCH3 is 1. The lowest BCUT2D eigenvalue weighted by Crippen LogP contribution is -2.34. The van der Waals surface area contributed by atoms with Gasteiger partial charge in [0.05, 0.1) is 20.6 Å². The second kappa shape index (κ2) is 5.79. The van der Waals surface area contributed by atoms with E-state index < -0.39 is 17.9 Å². The lowest BCUT2D eigenvalue weighted by atomic mass is 10.1. The molecule has 1 heterocycles. The van der Waals surface area contributed by atoms with Crippen LogP contribution in [0.5, 0.6) is 0 Å². The third-order valence-corrected chi connectivity index (χ3v) is 4.48. The van der Waals surface area contributed by atoms with Crippen LogP contribution in [0.2, 0.25) is 0 Å². The third kappa shape index (κ3) is 2.44. The average Bonchev–Trinajstić information content (AvgIpc) is 2.51. The highest BCUT2D eigenvalue weighted by Gasteiger charge is 2.48. The molecule has 1 N–H and O–H groups in total. The molecule has 0 fully saturated rings. The third-order valence-electron chi connectivity index (χ3n) is 2.45. The number of carbonyl (C=O) groups excluding carboxylic acids is 1. The second-order valence-electron chi connectivity index (χ2n) is 3.51. The summed E-state index contributed by atoms with van der Waals surface area (Å²) < 4.78 is 11.4. The van der Waals surface area contributed by atoms with E-state index in [0.717, 1.165) is 6.42 Å². The highest BCUT2D eigenvalue weighted by Crippen LogP contribution is 2.40. The zero-order valence-electron chi connectivity index (χ0n) is 9.13. The molecule has 0 spiro atoms. The number of esters is 1. The summed E-state index contributed by atoms with van der Waals surface area (Å²) in [6, 6.07) is 0. The Hall–Kier alpha value is 0.340. The summed E-state index contributed by atoms with van der Waals surface area (Å²) in [5.74, 6) is -1.58. The summed E-state index contributed by atoms with van der Waals surface area (Å²) in [6.45, 7) is 1.94. The molecule has 16 heavy (non-hydrogen) atoms. The van der Waals surface area contributed by atoms with Crippen molar-refractivity contribution in [2.45, 2.75) is 31.7 Å². The van der Waals surface area contributed by atoms with Gasteiger partial charge in [-0.2, -0.15) is 0 Å². The summed E-state index contributed by atoms with van der Waals surface area (Å²) >= 11 is 5.38. The van der Waals surface area contributed by atoms with Crippen LogP contribution < -0.4 is 0 Å². The van der Waals surface area contributed by atoms with Crippen LogP contribution in [0.15, 0.2) is 10.1 Å². The minimum absolute atomic E-state index is 0.278. The number of cyclic esters (lactones) is 1. The maximum Gasteiger partial charge on any atom is 0.340 e. The van der Waals surface area contributed by atoms with Crippen molar-refractivity contribution in [2.24, 2.45) is 0 Å². The molecule has 0 saturated carbocycles. The Morgan fingerprint density at radius 1 is 1.69 bits per heavy atom. The Bertz CT molecular complexity index is 312. The molecular weight excluding hydrogens is 391 g/mol. The number of hydrogen-bond acceptors (Lipinski definition) is 4. The first-order valence-corrected chi connectivity index (χ1v) is 7.27. The van der Waals surface area contributed by atoms with Gasteiger partial charge in [0.2, 0.25) is 0 Å².